The van der Waals surface area contributed by atoms with Crippen molar-refractivity contribution in [1.82, 2.24) is 10.3 Å². The van der Waals surface area contributed by atoms with Gasteiger partial charge in [-0.3, -0.25) is 4.79 Å². The lowest BCUT2D eigenvalue weighted by Gasteiger charge is -2.09. The van der Waals surface area contributed by atoms with Crippen molar-refractivity contribution in [2.45, 2.75) is 26.8 Å². The van der Waals surface area contributed by atoms with Gasteiger partial charge in [0.1, 0.15) is 0 Å². The molecule has 17 heavy (non-hydrogen) atoms. The van der Waals surface area contributed by atoms with Crippen molar-refractivity contribution < 1.29 is 9.53 Å². The number of aromatic nitrogens is 1. The van der Waals surface area contributed by atoms with Crippen molar-refractivity contribution in [3.8, 4) is 5.88 Å². The third kappa shape index (κ3) is 2.96. The van der Waals surface area contributed by atoms with Crippen LogP contribution >= 0.6 is 0 Å². The molecule has 0 radical (unpaired) electrons. The third-order valence-corrected chi connectivity index (χ3v) is 3.03. The van der Waals surface area contributed by atoms with Gasteiger partial charge in [-0.05, 0) is 25.3 Å². The first-order chi connectivity index (χ1) is 8.22. The Balaban J connectivity index is 1.91. The molecule has 1 saturated carbocycles. The quantitative estimate of drug-likeness (QED) is 0.844. The molecule has 0 aliphatic heterocycles. The minimum atomic E-state index is 0.142. The van der Waals surface area contributed by atoms with Crippen molar-refractivity contribution in [1.29, 1.82) is 0 Å². The van der Waals surface area contributed by atoms with E-state index < -0.39 is 0 Å². The zero-order chi connectivity index (χ0) is 12.3. The molecule has 2 rings (SSSR count). The van der Waals surface area contributed by atoms with Gasteiger partial charge in [0.2, 0.25) is 11.8 Å². The number of hydrogen-bond acceptors (Lipinski definition) is 3. The fraction of sp³-hybridized carbons (Fsp3) is 0.538. The Hall–Kier alpha value is -1.58. The Bertz CT molecular complexity index is 406. The topological polar surface area (TPSA) is 51.2 Å². The Morgan fingerprint density at radius 1 is 1.65 bits per heavy atom. The largest absolute Gasteiger partial charge is 0.478 e. The second-order valence-electron chi connectivity index (χ2n) is 4.44. The molecular weight excluding hydrogens is 216 g/mol. The number of ether oxygens (including phenoxy) is 1. The van der Waals surface area contributed by atoms with Gasteiger partial charge in [0.25, 0.3) is 0 Å². The van der Waals surface area contributed by atoms with E-state index in [1.54, 1.807) is 6.20 Å². The van der Waals surface area contributed by atoms with Crippen LogP contribution in [0.3, 0.4) is 0 Å². The van der Waals surface area contributed by atoms with E-state index in [4.69, 9.17) is 4.74 Å². The highest BCUT2D eigenvalue weighted by atomic mass is 16.5. The van der Waals surface area contributed by atoms with Gasteiger partial charge < -0.3 is 10.1 Å². The van der Waals surface area contributed by atoms with E-state index in [2.05, 4.69) is 17.2 Å². The normalized spacial score (nSPS) is 22.0. The van der Waals surface area contributed by atoms with Crippen LogP contribution < -0.4 is 10.1 Å². The van der Waals surface area contributed by atoms with Crippen LogP contribution in [0.5, 0.6) is 5.88 Å². The summed E-state index contributed by atoms with van der Waals surface area (Å²) < 4.78 is 5.40. The molecule has 0 saturated heterocycles. The van der Waals surface area contributed by atoms with Gasteiger partial charge in [-0.15, -0.1) is 0 Å². The van der Waals surface area contributed by atoms with E-state index in [1.165, 1.54) is 0 Å². The van der Waals surface area contributed by atoms with E-state index >= 15 is 0 Å². The summed E-state index contributed by atoms with van der Waals surface area (Å²) in [4.78, 5) is 15.8. The van der Waals surface area contributed by atoms with Crippen LogP contribution in [0.2, 0.25) is 0 Å². The number of hydrogen-bond donors (Lipinski definition) is 1. The van der Waals surface area contributed by atoms with Crippen molar-refractivity contribution in [3.63, 3.8) is 0 Å². The maximum Gasteiger partial charge on any atom is 0.223 e. The van der Waals surface area contributed by atoms with Crippen LogP contribution in [0.1, 0.15) is 25.8 Å². The van der Waals surface area contributed by atoms with Crippen molar-refractivity contribution in [3.05, 3.63) is 23.9 Å². The van der Waals surface area contributed by atoms with Gasteiger partial charge in [-0.1, -0.05) is 13.0 Å². The van der Waals surface area contributed by atoms with Crippen LogP contribution in [0.15, 0.2) is 18.3 Å². The Morgan fingerprint density at radius 3 is 3.06 bits per heavy atom. The molecule has 1 aromatic heterocycles. The van der Waals surface area contributed by atoms with Crippen LogP contribution in [-0.4, -0.2) is 17.5 Å². The predicted molar refractivity (Wildman–Crippen MR) is 64.5 cm³/mol. The minimum absolute atomic E-state index is 0.142. The standard InChI is InChI=1S/C13H18N2O2/c1-3-17-13-10(5-4-6-14-13)8-15-12(16)11-7-9(11)2/h4-6,9,11H,3,7-8H2,1-2H3,(H,15,16)/t9-,11-/m1/s1. The summed E-state index contributed by atoms with van der Waals surface area (Å²) in [6, 6.07) is 3.78. The molecule has 0 bridgehead atoms. The highest BCUT2D eigenvalue weighted by Crippen LogP contribution is 2.37. The molecular formula is C13H18N2O2. The zero-order valence-corrected chi connectivity index (χ0v) is 10.3. The molecule has 1 amide bonds. The molecule has 1 aromatic rings. The monoisotopic (exact) mass is 234 g/mol. The number of nitrogens with zero attached hydrogens (tertiary/aromatic N) is 1. The van der Waals surface area contributed by atoms with Crippen LogP contribution in [0.25, 0.3) is 0 Å². The maximum atomic E-state index is 11.7. The lowest BCUT2D eigenvalue weighted by Crippen LogP contribution is -2.25. The highest BCUT2D eigenvalue weighted by Gasteiger charge is 2.38. The molecule has 92 valence electrons. The zero-order valence-electron chi connectivity index (χ0n) is 10.3. The minimum Gasteiger partial charge on any atom is -0.478 e. The van der Waals surface area contributed by atoms with Gasteiger partial charge in [0, 0.05) is 24.2 Å². The van der Waals surface area contributed by atoms with Gasteiger partial charge in [0.15, 0.2) is 0 Å². The second-order valence-corrected chi connectivity index (χ2v) is 4.44. The highest BCUT2D eigenvalue weighted by molar-refractivity contribution is 5.81. The van der Waals surface area contributed by atoms with Crippen LogP contribution in [0, 0.1) is 11.8 Å². The third-order valence-electron chi connectivity index (χ3n) is 3.03. The van der Waals surface area contributed by atoms with Crippen LogP contribution in [-0.2, 0) is 11.3 Å². The van der Waals surface area contributed by atoms with E-state index in [0.29, 0.717) is 24.9 Å². The van der Waals surface area contributed by atoms with Crippen molar-refractivity contribution in [2.75, 3.05) is 6.61 Å². The SMILES string of the molecule is CCOc1ncccc1CNC(=O)[C@@H]1C[C@H]1C. The number of rotatable bonds is 5. The number of carbonyl (C=O) groups is 1. The smallest absolute Gasteiger partial charge is 0.223 e. The number of carbonyl (C=O) groups excluding carboxylic acids is 1. The summed E-state index contributed by atoms with van der Waals surface area (Å²) in [6.45, 7) is 5.09. The fourth-order valence-corrected chi connectivity index (χ4v) is 1.83. The van der Waals surface area contributed by atoms with E-state index in [-0.39, 0.29) is 11.8 Å². The summed E-state index contributed by atoms with van der Waals surface area (Å²) >= 11 is 0. The Labute approximate surface area is 101 Å². The van der Waals surface area contributed by atoms with Gasteiger partial charge >= 0.3 is 0 Å². The molecule has 1 aliphatic carbocycles. The van der Waals surface area contributed by atoms with Gasteiger partial charge in [0.05, 0.1) is 6.61 Å². The summed E-state index contributed by atoms with van der Waals surface area (Å²) in [5.41, 5.74) is 0.927. The summed E-state index contributed by atoms with van der Waals surface area (Å²) in [5, 5.41) is 2.93. The molecule has 1 N–H and O–H groups in total. The summed E-state index contributed by atoms with van der Waals surface area (Å²) in [7, 11) is 0. The number of nitrogens with one attached hydrogen (secondary N) is 1. The Morgan fingerprint density at radius 2 is 2.41 bits per heavy atom. The first-order valence-corrected chi connectivity index (χ1v) is 6.06. The maximum absolute atomic E-state index is 11.7. The summed E-state index contributed by atoms with van der Waals surface area (Å²) in [5.74, 6) is 1.50. The lowest BCUT2D eigenvalue weighted by atomic mass is 10.2. The summed E-state index contributed by atoms with van der Waals surface area (Å²) in [6.07, 6.45) is 2.70. The second kappa shape index (κ2) is 5.17. The average Bonchev–Trinajstić information content (AvgIpc) is 3.05. The van der Waals surface area contributed by atoms with E-state index in [0.717, 1.165) is 12.0 Å². The number of amides is 1. The first-order valence-electron chi connectivity index (χ1n) is 6.06. The first kappa shape index (κ1) is 11.9. The van der Waals surface area contributed by atoms with Gasteiger partial charge in [-0.25, -0.2) is 4.98 Å². The predicted octanol–water partition coefficient (Wildman–Crippen LogP) is 1.75. The molecule has 1 aliphatic rings. The lowest BCUT2D eigenvalue weighted by molar-refractivity contribution is -0.122. The molecule has 1 fully saturated rings. The van der Waals surface area contributed by atoms with Crippen LogP contribution in [0.4, 0.5) is 0 Å². The van der Waals surface area contributed by atoms with Crippen molar-refractivity contribution >= 4 is 5.91 Å². The van der Waals surface area contributed by atoms with Crippen molar-refractivity contribution in [2.24, 2.45) is 11.8 Å². The van der Waals surface area contributed by atoms with E-state index in [9.17, 15) is 4.79 Å². The van der Waals surface area contributed by atoms with E-state index in [1.807, 2.05) is 19.1 Å². The molecule has 4 nitrogen and oxygen atoms in total. The molecule has 1 heterocycles. The molecule has 4 heteroatoms. The number of pyridine rings is 1. The molecule has 2 atom stereocenters. The fourth-order valence-electron chi connectivity index (χ4n) is 1.83. The average molecular weight is 234 g/mol. The molecule has 0 unspecified atom stereocenters. The van der Waals surface area contributed by atoms with Gasteiger partial charge in [-0.2, -0.15) is 0 Å². The molecule has 0 spiro atoms. The Kier molecular flexibility index (Phi) is 3.61. The molecule has 0 aromatic carbocycles.